The van der Waals surface area contributed by atoms with Gasteiger partial charge in [0, 0.05) is 44.0 Å². The van der Waals surface area contributed by atoms with E-state index >= 15 is 0 Å². The van der Waals surface area contributed by atoms with Crippen molar-refractivity contribution in [3.05, 3.63) is 23.8 Å². The second-order valence-electron chi connectivity index (χ2n) is 6.91. The van der Waals surface area contributed by atoms with Crippen LogP contribution in [-0.4, -0.2) is 48.9 Å². The summed E-state index contributed by atoms with van der Waals surface area (Å²) in [6.07, 6.45) is 2.12. The number of carbonyl (C=O) groups excluding carboxylic acids is 3. The molecule has 0 spiro atoms. The number of amides is 4. The first-order valence-corrected chi connectivity index (χ1v) is 9.24. The van der Waals surface area contributed by atoms with Gasteiger partial charge in [0.1, 0.15) is 0 Å². The number of hydrogen-bond acceptors (Lipinski definition) is 3. The maximum Gasteiger partial charge on any atom is 0.321 e. The SMILES string of the molecule is CCNC(=O)[C@H]1CCN(C(=O)Nc2ccc(C)c(N3CCCC3=O)c2)C1. The molecule has 26 heavy (non-hydrogen) atoms. The number of nitrogens with zero attached hydrogens (tertiary/aromatic N) is 2. The predicted molar refractivity (Wildman–Crippen MR) is 100 cm³/mol. The van der Waals surface area contributed by atoms with Gasteiger partial charge in [-0.15, -0.1) is 0 Å². The molecule has 0 unspecified atom stereocenters. The van der Waals surface area contributed by atoms with Crippen LogP contribution in [0.2, 0.25) is 0 Å². The standard InChI is InChI=1S/C19H26N4O3/c1-3-20-18(25)14-8-10-22(12-14)19(26)21-15-7-6-13(2)16(11-15)23-9-4-5-17(23)24/h6-7,11,14H,3-5,8-10,12H2,1-2H3,(H,20,25)(H,21,26)/t14-/m0/s1. The highest BCUT2D eigenvalue weighted by atomic mass is 16.2. The molecule has 2 fully saturated rings. The van der Waals surface area contributed by atoms with Crippen molar-refractivity contribution in [1.29, 1.82) is 0 Å². The fraction of sp³-hybridized carbons (Fsp3) is 0.526. The van der Waals surface area contributed by atoms with Gasteiger partial charge in [0.15, 0.2) is 0 Å². The van der Waals surface area contributed by atoms with Crippen LogP contribution >= 0.6 is 0 Å². The Balaban J connectivity index is 1.65. The van der Waals surface area contributed by atoms with Crippen LogP contribution < -0.4 is 15.5 Å². The van der Waals surface area contributed by atoms with Crippen molar-refractivity contribution in [2.24, 2.45) is 5.92 Å². The van der Waals surface area contributed by atoms with Gasteiger partial charge in [0.2, 0.25) is 11.8 Å². The number of anilines is 2. The molecule has 140 valence electrons. The van der Waals surface area contributed by atoms with Crippen LogP contribution in [0.15, 0.2) is 18.2 Å². The van der Waals surface area contributed by atoms with Crippen molar-refractivity contribution >= 4 is 29.2 Å². The van der Waals surface area contributed by atoms with E-state index in [0.29, 0.717) is 38.2 Å². The lowest BCUT2D eigenvalue weighted by Gasteiger charge is -2.21. The third-order valence-electron chi connectivity index (χ3n) is 5.02. The van der Waals surface area contributed by atoms with E-state index in [4.69, 9.17) is 0 Å². The fourth-order valence-corrected chi connectivity index (χ4v) is 3.56. The summed E-state index contributed by atoms with van der Waals surface area (Å²) < 4.78 is 0. The average Bonchev–Trinajstić information content (AvgIpc) is 3.26. The highest BCUT2D eigenvalue weighted by molar-refractivity contribution is 5.97. The Bertz CT molecular complexity index is 719. The van der Waals surface area contributed by atoms with Crippen LogP contribution in [0.5, 0.6) is 0 Å². The lowest BCUT2D eigenvalue weighted by Crippen LogP contribution is -2.36. The summed E-state index contributed by atoms with van der Waals surface area (Å²) in [5.74, 6) is -0.00892. The topological polar surface area (TPSA) is 81.8 Å². The number of aryl methyl sites for hydroxylation is 1. The van der Waals surface area contributed by atoms with Crippen molar-refractivity contribution < 1.29 is 14.4 Å². The molecule has 2 heterocycles. The van der Waals surface area contributed by atoms with Crippen LogP contribution in [0, 0.1) is 12.8 Å². The van der Waals surface area contributed by atoms with Gasteiger partial charge < -0.3 is 20.4 Å². The van der Waals surface area contributed by atoms with Crippen LogP contribution in [0.25, 0.3) is 0 Å². The van der Waals surface area contributed by atoms with Crippen LogP contribution in [0.3, 0.4) is 0 Å². The summed E-state index contributed by atoms with van der Waals surface area (Å²) in [5, 5.41) is 5.71. The zero-order chi connectivity index (χ0) is 18.7. The number of benzene rings is 1. The summed E-state index contributed by atoms with van der Waals surface area (Å²) >= 11 is 0. The van der Waals surface area contributed by atoms with Crippen molar-refractivity contribution in [2.75, 3.05) is 36.4 Å². The number of nitrogens with one attached hydrogen (secondary N) is 2. The molecule has 0 bridgehead atoms. The van der Waals surface area contributed by atoms with E-state index in [1.807, 2.05) is 32.0 Å². The molecule has 2 aliphatic heterocycles. The molecule has 7 nitrogen and oxygen atoms in total. The maximum absolute atomic E-state index is 12.5. The molecule has 2 saturated heterocycles. The first-order chi connectivity index (χ1) is 12.5. The number of rotatable bonds is 4. The van der Waals surface area contributed by atoms with Gasteiger partial charge >= 0.3 is 6.03 Å². The monoisotopic (exact) mass is 358 g/mol. The Morgan fingerprint density at radius 1 is 1.27 bits per heavy atom. The normalized spacial score (nSPS) is 19.8. The Labute approximate surface area is 153 Å². The molecule has 1 aromatic rings. The van der Waals surface area contributed by atoms with E-state index in [1.165, 1.54) is 0 Å². The summed E-state index contributed by atoms with van der Waals surface area (Å²) in [5.41, 5.74) is 2.53. The molecule has 2 aliphatic rings. The van der Waals surface area contributed by atoms with E-state index in [9.17, 15) is 14.4 Å². The molecule has 1 aromatic carbocycles. The second kappa shape index (κ2) is 7.76. The van der Waals surface area contributed by atoms with Gasteiger partial charge in [-0.3, -0.25) is 9.59 Å². The molecule has 3 rings (SSSR count). The Morgan fingerprint density at radius 3 is 2.77 bits per heavy atom. The number of urea groups is 1. The second-order valence-corrected chi connectivity index (χ2v) is 6.91. The first kappa shape index (κ1) is 18.2. The third kappa shape index (κ3) is 3.81. The Hall–Kier alpha value is -2.57. The number of hydrogen-bond donors (Lipinski definition) is 2. The number of carbonyl (C=O) groups is 3. The van der Waals surface area contributed by atoms with Crippen molar-refractivity contribution in [3.8, 4) is 0 Å². The number of likely N-dealkylation sites (tertiary alicyclic amines) is 1. The quantitative estimate of drug-likeness (QED) is 0.865. The lowest BCUT2D eigenvalue weighted by molar-refractivity contribution is -0.124. The zero-order valence-electron chi connectivity index (χ0n) is 15.4. The minimum Gasteiger partial charge on any atom is -0.356 e. The van der Waals surface area contributed by atoms with E-state index in [1.54, 1.807) is 9.80 Å². The minimum absolute atomic E-state index is 0.00738. The van der Waals surface area contributed by atoms with E-state index in [0.717, 1.165) is 24.2 Å². The van der Waals surface area contributed by atoms with E-state index < -0.39 is 0 Å². The molecule has 2 N–H and O–H groups in total. The molecule has 1 atom stereocenters. The van der Waals surface area contributed by atoms with E-state index in [2.05, 4.69) is 10.6 Å². The first-order valence-electron chi connectivity index (χ1n) is 9.24. The smallest absolute Gasteiger partial charge is 0.321 e. The van der Waals surface area contributed by atoms with Crippen molar-refractivity contribution in [3.63, 3.8) is 0 Å². The summed E-state index contributed by atoms with van der Waals surface area (Å²) in [6, 6.07) is 5.40. The summed E-state index contributed by atoms with van der Waals surface area (Å²) in [4.78, 5) is 39.9. The van der Waals surface area contributed by atoms with Gasteiger partial charge in [-0.2, -0.15) is 0 Å². The van der Waals surface area contributed by atoms with Gasteiger partial charge in [0.05, 0.1) is 5.92 Å². The molecule has 0 aliphatic carbocycles. The van der Waals surface area contributed by atoms with Crippen LogP contribution in [-0.2, 0) is 9.59 Å². The molecule has 0 saturated carbocycles. The van der Waals surface area contributed by atoms with Gasteiger partial charge in [-0.25, -0.2) is 4.79 Å². The average molecular weight is 358 g/mol. The van der Waals surface area contributed by atoms with Crippen LogP contribution in [0.4, 0.5) is 16.2 Å². The third-order valence-corrected chi connectivity index (χ3v) is 5.02. The van der Waals surface area contributed by atoms with Crippen LogP contribution in [0.1, 0.15) is 31.7 Å². The van der Waals surface area contributed by atoms with Gasteiger partial charge in [0.25, 0.3) is 0 Å². The summed E-state index contributed by atoms with van der Waals surface area (Å²) in [7, 11) is 0. The zero-order valence-corrected chi connectivity index (χ0v) is 15.4. The maximum atomic E-state index is 12.5. The highest BCUT2D eigenvalue weighted by Gasteiger charge is 2.31. The molecule has 0 radical (unpaired) electrons. The molecule has 7 heteroatoms. The molecular weight excluding hydrogens is 332 g/mol. The largest absolute Gasteiger partial charge is 0.356 e. The van der Waals surface area contributed by atoms with E-state index in [-0.39, 0.29) is 23.8 Å². The summed E-state index contributed by atoms with van der Waals surface area (Å²) in [6.45, 7) is 6.17. The highest BCUT2D eigenvalue weighted by Crippen LogP contribution is 2.28. The fourth-order valence-electron chi connectivity index (χ4n) is 3.56. The van der Waals surface area contributed by atoms with Gasteiger partial charge in [-0.1, -0.05) is 6.07 Å². The Kier molecular flexibility index (Phi) is 5.44. The minimum atomic E-state index is -0.209. The van der Waals surface area contributed by atoms with Gasteiger partial charge in [-0.05, 0) is 44.4 Å². The molecule has 4 amide bonds. The van der Waals surface area contributed by atoms with Crippen molar-refractivity contribution in [1.82, 2.24) is 10.2 Å². The lowest BCUT2D eigenvalue weighted by atomic mass is 10.1. The molecular formula is C19H26N4O3. The Morgan fingerprint density at radius 2 is 2.08 bits per heavy atom. The molecule has 0 aromatic heterocycles. The van der Waals surface area contributed by atoms with Crippen molar-refractivity contribution in [2.45, 2.75) is 33.1 Å². The predicted octanol–water partition coefficient (Wildman–Crippen LogP) is 2.11.